The Morgan fingerprint density at radius 1 is 1.34 bits per heavy atom. The average Bonchev–Trinajstić information content (AvgIpc) is 3.29. The van der Waals surface area contributed by atoms with E-state index in [0.29, 0.717) is 22.7 Å². The van der Waals surface area contributed by atoms with Crippen LogP contribution in [0.25, 0.3) is 11.2 Å². The van der Waals surface area contributed by atoms with Crippen LogP contribution in [0.1, 0.15) is 19.6 Å². The van der Waals surface area contributed by atoms with E-state index in [9.17, 15) is 4.57 Å². The number of imidazole rings is 1. The monoisotopic (exact) mass is 418 g/mol. The second kappa shape index (κ2) is 8.36. The molecule has 154 valence electrons. The largest absolute Gasteiger partial charge is 0.426 e. The Morgan fingerprint density at radius 2 is 2.14 bits per heavy atom. The molecule has 10 nitrogen and oxygen atoms in total. The summed E-state index contributed by atoms with van der Waals surface area (Å²) < 4.78 is 30.8. The van der Waals surface area contributed by atoms with Crippen molar-refractivity contribution in [2.45, 2.75) is 25.7 Å². The summed E-state index contributed by atoms with van der Waals surface area (Å²) in [6.45, 7) is 2.25. The molecule has 0 bridgehead atoms. The molecule has 1 aliphatic rings. The molecule has 3 heterocycles. The lowest BCUT2D eigenvalue weighted by atomic mass is 10.1. The van der Waals surface area contributed by atoms with Gasteiger partial charge in [0.25, 0.3) is 0 Å². The molecule has 0 amide bonds. The van der Waals surface area contributed by atoms with Gasteiger partial charge in [0.1, 0.15) is 12.0 Å². The third kappa shape index (κ3) is 4.19. The first-order chi connectivity index (χ1) is 14.0. The van der Waals surface area contributed by atoms with E-state index < -0.39 is 8.25 Å². The highest BCUT2D eigenvalue weighted by Crippen LogP contribution is 2.38. The molecular formula is C18H23N6O4P. The molecule has 1 aromatic carbocycles. The topological polar surface area (TPSA) is 126 Å². The number of nitrogen functional groups attached to an aromatic ring is 1. The molecule has 1 aliphatic heterocycles. The van der Waals surface area contributed by atoms with Crippen molar-refractivity contribution in [1.29, 1.82) is 0 Å². The van der Waals surface area contributed by atoms with E-state index in [1.807, 2.05) is 22.8 Å². The predicted molar refractivity (Wildman–Crippen MR) is 109 cm³/mol. The highest BCUT2D eigenvalue weighted by atomic mass is 31.1. The van der Waals surface area contributed by atoms with Gasteiger partial charge >= 0.3 is 8.25 Å². The van der Waals surface area contributed by atoms with Gasteiger partial charge in [0.15, 0.2) is 17.0 Å². The van der Waals surface area contributed by atoms with Crippen LogP contribution in [0.5, 0.6) is 5.75 Å². The van der Waals surface area contributed by atoms with Crippen molar-refractivity contribution in [2.24, 2.45) is 5.92 Å². The fraction of sp³-hybridized carbons (Fsp3) is 0.389. The van der Waals surface area contributed by atoms with E-state index in [1.54, 1.807) is 25.5 Å². The quantitative estimate of drug-likeness (QED) is 0.557. The first-order valence-electron chi connectivity index (χ1n) is 9.28. The number of benzene rings is 1. The lowest BCUT2D eigenvalue weighted by Gasteiger charge is -2.18. The Balaban J connectivity index is 1.42. The second-order valence-corrected chi connectivity index (χ2v) is 7.84. The molecular weight excluding hydrogens is 395 g/mol. The van der Waals surface area contributed by atoms with Gasteiger partial charge in [-0.05, 0) is 18.6 Å². The second-order valence-electron chi connectivity index (χ2n) is 6.84. The molecule has 0 spiro atoms. The number of rotatable bonds is 7. The van der Waals surface area contributed by atoms with Crippen LogP contribution in [0.15, 0.2) is 36.7 Å². The molecule has 3 N–H and O–H groups in total. The molecule has 0 aliphatic carbocycles. The summed E-state index contributed by atoms with van der Waals surface area (Å²) in [6.07, 6.45) is 1.91. The van der Waals surface area contributed by atoms with Crippen molar-refractivity contribution < 1.29 is 18.3 Å². The van der Waals surface area contributed by atoms with Crippen LogP contribution in [-0.2, 0) is 13.8 Å². The first kappa shape index (κ1) is 19.6. The molecule has 0 radical (unpaired) electrons. The van der Waals surface area contributed by atoms with Gasteiger partial charge in [-0.3, -0.25) is 9.09 Å². The minimum atomic E-state index is -2.66. The number of anilines is 2. The standard InChI is InChI=1S/C18H23N6O4P/c1-11-8-13(9-26-29(25)28-12-6-4-3-5-7-12)27-17(11)24-10-21-14-15(20-2)22-18(19)23-16(14)24/h3-7,10-11,13,17,29H,8-9H2,1-2H3,(H3,19,20,22,23)/t11-,13?,17+/m0/s1. The SMILES string of the molecule is CNc1nc(N)nc2c1ncn2[C@@H]1OC(CO[PH](=O)Oc2ccccc2)C[C@@H]1C. The van der Waals surface area contributed by atoms with Crippen molar-refractivity contribution in [3.8, 4) is 5.75 Å². The lowest BCUT2D eigenvalue weighted by Crippen LogP contribution is -2.16. The fourth-order valence-electron chi connectivity index (χ4n) is 3.43. The number of aromatic nitrogens is 4. The van der Waals surface area contributed by atoms with E-state index in [2.05, 4.69) is 27.2 Å². The minimum absolute atomic E-state index is 0.158. The summed E-state index contributed by atoms with van der Waals surface area (Å²) in [4.78, 5) is 12.9. The maximum atomic E-state index is 12.1. The normalized spacial score (nSPS) is 22.6. The summed E-state index contributed by atoms with van der Waals surface area (Å²) in [5.74, 6) is 1.41. The van der Waals surface area contributed by atoms with E-state index in [4.69, 9.17) is 19.5 Å². The van der Waals surface area contributed by atoms with Gasteiger partial charge in [-0.25, -0.2) is 9.55 Å². The van der Waals surface area contributed by atoms with Crippen LogP contribution in [0.3, 0.4) is 0 Å². The first-order valence-corrected chi connectivity index (χ1v) is 10.5. The highest BCUT2D eigenvalue weighted by molar-refractivity contribution is 7.33. The molecule has 3 aromatic rings. The van der Waals surface area contributed by atoms with E-state index >= 15 is 0 Å². The molecule has 2 unspecified atom stereocenters. The molecule has 4 rings (SSSR count). The maximum absolute atomic E-state index is 12.1. The number of nitrogens with two attached hydrogens (primary N) is 1. The van der Waals surface area contributed by atoms with E-state index in [-0.39, 0.29) is 30.8 Å². The van der Waals surface area contributed by atoms with Gasteiger partial charge in [0.05, 0.1) is 19.0 Å². The Morgan fingerprint density at radius 3 is 2.90 bits per heavy atom. The van der Waals surface area contributed by atoms with Crippen molar-refractivity contribution in [2.75, 3.05) is 24.7 Å². The number of fused-ring (bicyclic) bond motifs is 1. The average molecular weight is 418 g/mol. The third-order valence-electron chi connectivity index (χ3n) is 4.73. The number of nitrogens with zero attached hydrogens (tertiary/aromatic N) is 4. The summed E-state index contributed by atoms with van der Waals surface area (Å²) in [5, 5.41) is 2.97. The predicted octanol–water partition coefficient (Wildman–Crippen LogP) is 2.86. The minimum Gasteiger partial charge on any atom is -0.426 e. The van der Waals surface area contributed by atoms with Crippen molar-refractivity contribution in [3.05, 3.63) is 36.7 Å². The van der Waals surface area contributed by atoms with Gasteiger partial charge in [-0.1, -0.05) is 25.1 Å². The highest BCUT2D eigenvalue weighted by Gasteiger charge is 2.35. The third-order valence-corrected chi connectivity index (χ3v) is 5.54. The van der Waals surface area contributed by atoms with Crippen LogP contribution in [0, 0.1) is 5.92 Å². The Hall–Kier alpha value is -2.68. The van der Waals surface area contributed by atoms with Gasteiger partial charge in [0.2, 0.25) is 5.95 Å². The van der Waals surface area contributed by atoms with Crippen molar-refractivity contribution in [1.82, 2.24) is 19.5 Å². The van der Waals surface area contributed by atoms with Gasteiger partial charge in [0, 0.05) is 13.0 Å². The number of hydrogen-bond donors (Lipinski definition) is 2. The zero-order valence-electron chi connectivity index (χ0n) is 16.1. The molecule has 29 heavy (non-hydrogen) atoms. The summed E-state index contributed by atoms with van der Waals surface area (Å²) in [5.41, 5.74) is 7.05. The zero-order valence-corrected chi connectivity index (χ0v) is 17.1. The summed E-state index contributed by atoms with van der Waals surface area (Å²) in [7, 11) is -0.908. The molecule has 1 saturated heterocycles. The number of nitrogens with one attached hydrogen (secondary N) is 1. The molecule has 0 saturated carbocycles. The molecule has 1 fully saturated rings. The van der Waals surface area contributed by atoms with E-state index in [1.165, 1.54) is 0 Å². The van der Waals surface area contributed by atoms with Crippen LogP contribution >= 0.6 is 8.25 Å². The van der Waals surface area contributed by atoms with E-state index in [0.717, 1.165) is 6.42 Å². The van der Waals surface area contributed by atoms with Crippen LogP contribution < -0.4 is 15.6 Å². The van der Waals surface area contributed by atoms with Crippen LogP contribution in [0.2, 0.25) is 0 Å². The molecule has 11 heteroatoms. The van der Waals surface area contributed by atoms with Crippen molar-refractivity contribution in [3.63, 3.8) is 0 Å². The lowest BCUT2D eigenvalue weighted by molar-refractivity contribution is -0.0253. The van der Waals surface area contributed by atoms with Crippen molar-refractivity contribution >= 4 is 31.2 Å². The zero-order chi connectivity index (χ0) is 20.4. The fourth-order valence-corrected chi connectivity index (χ4v) is 4.14. The summed E-state index contributed by atoms with van der Waals surface area (Å²) >= 11 is 0. The Kier molecular flexibility index (Phi) is 5.66. The van der Waals surface area contributed by atoms with Gasteiger partial charge < -0.3 is 20.3 Å². The van der Waals surface area contributed by atoms with Crippen LogP contribution in [0.4, 0.5) is 11.8 Å². The number of ether oxygens (including phenoxy) is 1. The summed E-state index contributed by atoms with van der Waals surface area (Å²) in [6, 6.07) is 8.93. The Bertz CT molecular complexity index is 1010. The van der Waals surface area contributed by atoms with Crippen LogP contribution in [-0.4, -0.2) is 39.3 Å². The van der Waals surface area contributed by atoms with Gasteiger partial charge in [-0.2, -0.15) is 9.97 Å². The maximum Gasteiger partial charge on any atom is 0.367 e. The molecule has 4 atom stereocenters. The van der Waals surface area contributed by atoms with Gasteiger partial charge in [-0.15, -0.1) is 0 Å². The smallest absolute Gasteiger partial charge is 0.367 e. The number of hydrogen-bond acceptors (Lipinski definition) is 9. The molecule has 2 aromatic heterocycles. The number of para-hydroxylation sites is 1. The Labute approximate surface area is 168 Å².